The SMILES string of the molecule is CC(C)C[C@H](NC(=O)[C@H](CC(=O)O)NC(=O)[C@H](Cc1cnc[nH]1)NC(=O)[C@H](CCCN=C(N)N)NC(=O)CNC(=O)[C@H](CC(=O)O)NC(=O)CNC(=O)[C@H](CC(N)=O)NC(=O)[C@@H](NC(=O)[C@H](CC(=O)O)NC(=O)[C@@H](N)[C@H](C)O)C(C)C)C(=O)O. The maximum absolute atomic E-state index is 13.9. The lowest BCUT2D eigenvalue weighted by Gasteiger charge is -2.27. The van der Waals surface area contributed by atoms with Gasteiger partial charge in [0.25, 0.3) is 0 Å². The molecule has 24 N–H and O–H groups in total. The normalized spacial score (nSPS) is 14.5. The lowest BCUT2D eigenvalue weighted by Crippen LogP contribution is -2.60. The highest BCUT2D eigenvalue weighted by atomic mass is 16.4. The van der Waals surface area contributed by atoms with Crippen LogP contribution in [0.4, 0.5) is 0 Å². The second-order valence-electron chi connectivity index (χ2n) is 19.6. The van der Waals surface area contributed by atoms with Crippen LogP contribution in [0.5, 0.6) is 0 Å². The van der Waals surface area contributed by atoms with Crippen LogP contribution in [0, 0.1) is 11.8 Å². The van der Waals surface area contributed by atoms with Crippen LogP contribution in [0.3, 0.4) is 0 Å². The number of hydrogen-bond donors (Lipinski definition) is 20. The fourth-order valence-corrected chi connectivity index (χ4v) is 7.28. The molecule has 1 aromatic heterocycles. The van der Waals surface area contributed by atoms with Crippen molar-refractivity contribution in [2.24, 2.45) is 39.8 Å². The molecule has 37 nitrogen and oxygen atoms in total. The van der Waals surface area contributed by atoms with E-state index >= 15 is 0 Å². The van der Waals surface area contributed by atoms with E-state index in [-0.39, 0.29) is 49.8 Å². The molecule has 0 aliphatic heterocycles. The van der Waals surface area contributed by atoms with Gasteiger partial charge in [-0.1, -0.05) is 27.7 Å². The number of aliphatic hydroxyl groups excluding tert-OH is 1. The highest BCUT2D eigenvalue weighted by molar-refractivity contribution is 6.00. The number of nitrogens with two attached hydrogens (primary N) is 4. The van der Waals surface area contributed by atoms with Crippen molar-refractivity contribution in [3.8, 4) is 0 Å². The number of rotatable bonds is 39. The zero-order valence-corrected chi connectivity index (χ0v) is 46.4. The minimum Gasteiger partial charge on any atom is -0.481 e. The molecule has 1 heterocycles. The Balaban J connectivity index is 3.28. The number of carbonyl (C=O) groups is 15. The summed E-state index contributed by atoms with van der Waals surface area (Å²) < 4.78 is 0. The Labute approximate surface area is 478 Å². The zero-order valence-electron chi connectivity index (χ0n) is 46.4. The third-order valence-electron chi connectivity index (χ3n) is 11.5. The Morgan fingerprint density at radius 1 is 0.548 bits per heavy atom. The number of guanidine groups is 1. The molecular formula is C47H75N17O20. The molecule has 0 unspecified atom stereocenters. The number of aliphatic carboxylic acids is 4. The van der Waals surface area contributed by atoms with Gasteiger partial charge in [-0.3, -0.25) is 72.1 Å². The Morgan fingerprint density at radius 3 is 1.42 bits per heavy atom. The quantitative estimate of drug-likeness (QED) is 0.0165. The first kappa shape index (κ1) is 72.5. The average molecular weight is 1200 g/mol. The summed E-state index contributed by atoms with van der Waals surface area (Å²) in [5.74, 6) is -20.6. The minimum atomic E-state index is -1.97. The Bertz CT molecular complexity index is 2560. The molecule has 468 valence electrons. The summed E-state index contributed by atoms with van der Waals surface area (Å²) in [5, 5.41) is 69.6. The molecule has 11 amide bonds. The first-order chi connectivity index (χ1) is 39.1. The van der Waals surface area contributed by atoms with E-state index in [1.165, 1.54) is 26.4 Å². The molecule has 1 rings (SSSR count). The van der Waals surface area contributed by atoms with Crippen molar-refractivity contribution in [2.45, 2.75) is 146 Å². The Hall–Kier alpha value is -9.55. The number of aromatic amines is 1. The van der Waals surface area contributed by atoms with E-state index in [0.29, 0.717) is 0 Å². The molecule has 84 heavy (non-hydrogen) atoms. The van der Waals surface area contributed by atoms with Crippen molar-refractivity contribution >= 4 is 94.8 Å². The van der Waals surface area contributed by atoms with Crippen molar-refractivity contribution < 1.29 is 97.5 Å². The number of carbonyl (C=O) groups excluding carboxylic acids is 11. The highest BCUT2D eigenvalue weighted by Gasteiger charge is 2.36. The molecule has 0 aliphatic carbocycles. The van der Waals surface area contributed by atoms with Crippen LogP contribution >= 0.6 is 0 Å². The number of carboxylic acid groups (broad SMARTS) is 4. The van der Waals surface area contributed by atoms with E-state index in [0.717, 1.165) is 6.92 Å². The van der Waals surface area contributed by atoms with Gasteiger partial charge in [-0.15, -0.1) is 0 Å². The number of H-pyrrole nitrogens is 1. The van der Waals surface area contributed by atoms with Crippen LogP contribution in [-0.2, 0) is 78.3 Å². The highest BCUT2D eigenvalue weighted by Crippen LogP contribution is 2.10. The van der Waals surface area contributed by atoms with Crippen LogP contribution < -0.4 is 76.1 Å². The Kier molecular flexibility index (Phi) is 31.1. The lowest BCUT2D eigenvalue weighted by atomic mass is 10.0. The molecule has 0 spiro atoms. The number of aromatic nitrogens is 2. The number of nitrogens with one attached hydrogen (secondary N) is 11. The number of aliphatic imine (C=N–C) groups is 1. The van der Waals surface area contributed by atoms with Gasteiger partial charge < -0.3 is 107 Å². The number of nitrogens with zero attached hydrogens (tertiary/aromatic N) is 2. The van der Waals surface area contributed by atoms with E-state index in [9.17, 15) is 97.5 Å². The summed E-state index contributed by atoms with van der Waals surface area (Å²) >= 11 is 0. The third kappa shape index (κ3) is 28.2. The summed E-state index contributed by atoms with van der Waals surface area (Å²) in [6.45, 7) is 5.16. The lowest BCUT2D eigenvalue weighted by molar-refractivity contribution is -0.144. The first-order valence-electron chi connectivity index (χ1n) is 25.7. The fourth-order valence-electron chi connectivity index (χ4n) is 7.28. The standard InChI is InChI=1S/C47H75N17O20/c1-19(2)9-29(46(83)84)63-42(79)27(13-34(71)72)60-41(78)24(10-22-15-52-18-56-22)59-40(77)23(7-6-8-53-47(50)51)57-31(67)16-55-39(76)26(12-33(69)70)58-32(68)17-54-38(75)25(11-30(48)66)62-45(82)37(20(3)4)64-43(80)28(14-35(73)74)61-44(81)36(49)21(5)65/h15,18-21,23-29,36-37,65H,6-14,16-17,49H2,1-5H3,(H2,48,66)(H,52,56)(H,54,75)(H,55,76)(H,57,67)(H,58,68)(H,59,77)(H,60,78)(H,61,81)(H,62,82)(H,63,79)(H,64,80)(H,69,70)(H,71,72)(H,73,74)(H,83,84)(H4,50,51,53)/t21-,23-,24-,25-,26-,27-,28-,29-,36-,37-/m0/s1. The molecule has 1 aromatic rings. The van der Waals surface area contributed by atoms with E-state index in [4.69, 9.17) is 22.9 Å². The average Bonchev–Trinajstić information content (AvgIpc) is 4.08. The van der Waals surface area contributed by atoms with Gasteiger partial charge in [-0.25, -0.2) is 9.78 Å². The smallest absolute Gasteiger partial charge is 0.326 e. The van der Waals surface area contributed by atoms with Gasteiger partial charge in [0.2, 0.25) is 65.0 Å². The van der Waals surface area contributed by atoms with Gasteiger partial charge in [0, 0.05) is 24.9 Å². The van der Waals surface area contributed by atoms with E-state index in [1.807, 2.05) is 5.32 Å². The summed E-state index contributed by atoms with van der Waals surface area (Å²) in [5.41, 5.74) is 21.9. The number of primary amides is 1. The molecule has 0 saturated heterocycles. The van der Waals surface area contributed by atoms with Crippen molar-refractivity contribution in [2.75, 3.05) is 19.6 Å². The maximum atomic E-state index is 13.9. The minimum absolute atomic E-state index is 0.0147. The van der Waals surface area contributed by atoms with Gasteiger partial charge in [0.05, 0.1) is 51.2 Å². The predicted molar refractivity (Wildman–Crippen MR) is 286 cm³/mol. The molecular weight excluding hydrogens is 1120 g/mol. The molecule has 0 aliphatic rings. The fraction of sp³-hybridized carbons (Fsp3) is 0.596. The number of hydrogen-bond acceptors (Lipinski definition) is 19. The number of aliphatic hydroxyl groups is 1. The zero-order chi connectivity index (χ0) is 64.1. The largest absolute Gasteiger partial charge is 0.481 e. The Morgan fingerprint density at radius 2 is 0.976 bits per heavy atom. The van der Waals surface area contributed by atoms with Crippen molar-refractivity contribution in [3.05, 3.63) is 18.2 Å². The molecule has 10 atom stereocenters. The van der Waals surface area contributed by atoms with E-state index < -0.39 is 194 Å². The second kappa shape index (κ2) is 36.0. The molecule has 0 bridgehead atoms. The summed E-state index contributed by atoms with van der Waals surface area (Å²) in [4.78, 5) is 202. The maximum Gasteiger partial charge on any atom is 0.326 e. The second-order valence-corrected chi connectivity index (χ2v) is 19.6. The van der Waals surface area contributed by atoms with Crippen LogP contribution in [0.1, 0.15) is 85.3 Å². The van der Waals surface area contributed by atoms with Crippen LogP contribution in [0.2, 0.25) is 0 Å². The molecule has 0 saturated carbocycles. The molecule has 0 fully saturated rings. The molecule has 0 radical (unpaired) electrons. The summed E-state index contributed by atoms with van der Waals surface area (Å²) in [6.07, 6.45) is -3.71. The first-order valence-corrected chi connectivity index (χ1v) is 25.7. The van der Waals surface area contributed by atoms with Gasteiger partial charge >= 0.3 is 23.9 Å². The number of carboxylic acids is 4. The topological polar surface area (TPSA) is 623 Å². The van der Waals surface area contributed by atoms with Crippen molar-refractivity contribution in [1.29, 1.82) is 0 Å². The van der Waals surface area contributed by atoms with Gasteiger partial charge in [-0.2, -0.15) is 0 Å². The third-order valence-corrected chi connectivity index (χ3v) is 11.5. The van der Waals surface area contributed by atoms with Crippen molar-refractivity contribution in [1.82, 2.24) is 63.1 Å². The van der Waals surface area contributed by atoms with Gasteiger partial charge in [0.15, 0.2) is 5.96 Å². The van der Waals surface area contributed by atoms with E-state index in [1.54, 1.807) is 13.8 Å². The van der Waals surface area contributed by atoms with Crippen LogP contribution in [0.25, 0.3) is 0 Å². The van der Waals surface area contributed by atoms with Gasteiger partial charge in [0.1, 0.15) is 54.4 Å². The molecule has 37 heteroatoms. The van der Waals surface area contributed by atoms with Crippen LogP contribution in [-0.4, -0.2) is 210 Å². The van der Waals surface area contributed by atoms with E-state index in [2.05, 4.69) is 62.8 Å². The predicted octanol–water partition coefficient (Wildman–Crippen LogP) is -9.09. The number of imidazole rings is 1. The summed E-state index contributed by atoms with van der Waals surface area (Å²) in [6, 6.07) is -15.4. The van der Waals surface area contributed by atoms with Crippen LogP contribution in [0.15, 0.2) is 17.5 Å². The number of amides is 11. The molecule has 0 aromatic carbocycles. The van der Waals surface area contributed by atoms with Crippen molar-refractivity contribution in [3.63, 3.8) is 0 Å². The monoisotopic (exact) mass is 1200 g/mol. The summed E-state index contributed by atoms with van der Waals surface area (Å²) in [7, 11) is 0. The van der Waals surface area contributed by atoms with Gasteiger partial charge in [-0.05, 0) is 38.0 Å².